The molecule has 3 aromatic heterocycles. The quantitative estimate of drug-likeness (QED) is 0.429. The molecule has 0 spiro atoms. The molecule has 7 heteroatoms. The zero-order valence-electron chi connectivity index (χ0n) is 17.6. The van der Waals surface area contributed by atoms with Crippen molar-refractivity contribution in [3.8, 4) is 11.1 Å². The first-order chi connectivity index (χ1) is 13.2. The molecule has 0 aliphatic rings. The number of pyridine rings is 1. The van der Waals surface area contributed by atoms with Crippen LogP contribution >= 0.6 is 0 Å². The Morgan fingerprint density at radius 2 is 2.00 bits per heavy atom. The van der Waals surface area contributed by atoms with Gasteiger partial charge in [0.25, 0.3) is 0 Å². The zero-order valence-corrected chi connectivity index (χ0v) is 18.6. The number of ether oxygens (including phenoxy) is 1. The molecule has 0 aliphatic carbocycles. The second-order valence-electron chi connectivity index (χ2n) is 9.19. The smallest absolute Gasteiger partial charge is 0.142 e. The number of hydrogen-bond donors (Lipinski definition) is 1. The molecule has 152 valence electrons. The summed E-state index contributed by atoms with van der Waals surface area (Å²) in [6.07, 6.45) is 8.47. The molecule has 0 saturated carbocycles. The summed E-state index contributed by atoms with van der Waals surface area (Å²) in [6, 6.07) is 5.28. The summed E-state index contributed by atoms with van der Waals surface area (Å²) in [7, 11) is -1.08. The van der Waals surface area contributed by atoms with E-state index >= 15 is 0 Å². The number of nitrogens with zero attached hydrogens (tertiary/aromatic N) is 4. The van der Waals surface area contributed by atoms with Crippen molar-refractivity contribution in [2.45, 2.75) is 58.2 Å². The van der Waals surface area contributed by atoms with Gasteiger partial charge < -0.3 is 14.4 Å². The maximum atomic E-state index is 9.30. The van der Waals surface area contributed by atoms with Gasteiger partial charge in [-0.3, -0.25) is 4.68 Å². The van der Waals surface area contributed by atoms with Crippen molar-refractivity contribution in [1.82, 2.24) is 19.3 Å². The Bertz CT molecular complexity index is 924. The number of fused-ring (bicyclic) bond motifs is 1. The van der Waals surface area contributed by atoms with Crippen molar-refractivity contribution in [2.24, 2.45) is 0 Å². The van der Waals surface area contributed by atoms with Gasteiger partial charge in [-0.25, -0.2) is 4.98 Å². The molecule has 0 atom stereocenters. The van der Waals surface area contributed by atoms with Crippen molar-refractivity contribution in [3.05, 3.63) is 36.9 Å². The van der Waals surface area contributed by atoms with Crippen molar-refractivity contribution in [3.63, 3.8) is 0 Å². The van der Waals surface area contributed by atoms with Gasteiger partial charge in [-0.1, -0.05) is 19.6 Å². The normalized spacial score (nSPS) is 12.8. The van der Waals surface area contributed by atoms with E-state index in [1.807, 2.05) is 35.5 Å². The number of aromatic nitrogens is 4. The van der Waals surface area contributed by atoms with Gasteiger partial charge in [0, 0.05) is 50.8 Å². The highest BCUT2D eigenvalue weighted by Crippen LogP contribution is 2.30. The molecular weight excluding hydrogens is 368 g/mol. The summed E-state index contributed by atoms with van der Waals surface area (Å²) in [4.78, 5) is 4.57. The van der Waals surface area contributed by atoms with Crippen LogP contribution in [0, 0.1) is 0 Å². The van der Waals surface area contributed by atoms with Crippen molar-refractivity contribution in [1.29, 1.82) is 0 Å². The second kappa shape index (κ2) is 8.19. The molecule has 0 aliphatic heterocycles. The fourth-order valence-electron chi connectivity index (χ4n) is 3.17. The zero-order chi connectivity index (χ0) is 20.4. The lowest BCUT2D eigenvalue weighted by molar-refractivity contribution is 0.0899. The van der Waals surface area contributed by atoms with Crippen LogP contribution < -0.4 is 0 Å². The van der Waals surface area contributed by atoms with E-state index in [0.717, 1.165) is 34.8 Å². The highest BCUT2D eigenvalue weighted by Gasteiger charge is 2.21. The third kappa shape index (κ3) is 4.71. The Morgan fingerprint density at radius 3 is 2.71 bits per heavy atom. The lowest BCUT2D eigenvalue weighted by Gasteiger charge is -2.24. The molecule has 3 rings (SSSR count). The first-order valence-corrected chi connectivity index (χ1v) is 13.6. The SMILES string of the molecule is CC(C)(CCO)n1cc(-c2ccnc3c2ccn3COCC[Si](C)(C)C)cn1. The minimum atomic E-state index is -1.08. The van der Waals surface area contributed by atoms with Gasteiger partial charge in [-0.05, 0) is 44.0 Å². The molecule has 3 heterocycles. The van der Waals surface area contributed by atoms with E-state index in [4.69, 9.17) is 4.74 Å². The standard InChI is InChI=1S/C21H32N4O2Si/c1-21(2,8-11-26)25-15-17(14-23-25)18-6-9-22-20-19(18)7-10-24(20)16-27-12-13-28(3,4)5/h6-7,9-10,14-15,26H,8,11-13,16H2,1-5H3. The van der Waals surface area contributed by atoms with Gasteiger partial charge in [0.2, 0.25) is 0 Å². The lowest BCUT2D eigenvalue weighted by Crippen LogP contribution is -2.27. The van der Waals surface area contributed by atoms with Gasteiger partial charge in [0.1, 0.15) is 12.4 Å². The van der Waals surface area contributed by atoms with E-state index in [0.29, 0.717) is 13.2 Å². The summed E-state index contributed by atoms with van der Waals surface area (Å²) in [5.74, 6) is 0. The van der Waals surface area contributed by atoms with E-state index in [-0.39, 0.29) is 12.1 Å². The molecule has 0 aromatic carbocycles. The van der Waals surface area contributed by atoms with Gasteiger partial charge >= 0.3 is 0 Å². The fourth-order valence-corrected chi connectivity index (χ4v) is 3.93. The third-order valence-corrected chi connectivity index (χ3v) is 6.83. The van der Waals surface area contributed by atoms with Crippen LogP contribution in [0.4, 0.5) is 0 Å². The first kappa shape index (κ1) is 20.8. The topological polar surface area (TPSA) is 65.1 Å². The maximum absolute atomic E-state index is 9.30. The number of aliphatic hydroxyl groups excluding tert-OH is 1. The minimum absolute atomic E-state index is 0.141. The van der Waals surface area contributed by atoms with Crippen LogP contribution in [-0.4, -0.2) is 45.7 Å². The average molecular weight is 401 g/mol. The largest absolute Gasteiger partial charge is 0.396 e. The molecule has 28 heavy (non-hydrogen) atoms. The van der Waals surface area contributed by atoms with Crippen LogP contribution in [0.5, 0.6) is 0 Å². The first-order valence-electron chi connectivity index (χ1n) is 9.89. The fraction of sp³-hybridized carbons (Fsp3) is 0.524. The van der Waals surface area contributed by atoms with Crippen LogP contribution in [-0.2, 0) is 17.0 Å². The van der Waals surface area contributed by atoms with Crippen LogP contribution in [0.1, 0.15) is 20.3 Å². The number of rotatable bonds is 9. The highest BCUT2D eigenvalue weighted by molar-refractivity contribution is 6.76. The van der Waals surface area contributed by atoms with Crippen molar-refractivity contribution in [2.75, 3.05) is 13.2 Å². The van der Waals surface area contributed by atoms with Crippen LogP contribution in [0.15, 0.2) is 36.9 Å². The molecule has 0 saturated heterocycles. The summed E-state index contributed by atoms with van der Waals surface area (Å²) in [6.45, 7) is 12.7. The molecule has 0 unspecified atom stereocenters. The highest BCUT2D eigenvalue weighted by atomic mass is 28.3. The maximum Gasteiger partial charge on any atom is 0.142 e. The molecule has 0 radical (unpaired) electrons. The summed E-state index contributed by atoms with van der Waals surface area (Å²) >= 11 is 0. The van der Waals surface area contributed by atoms with Gasteiger partial charge in [-0.2, -0.15) is 5.10 Å². The third-order valence-electron chi connectivity index (χ3n) is 5.13. The summed E-state index contributed by atoms with van der Waals surface area (Å²) in [5.41, 5.74) is 2.86. The van der Waals surface area contributed by atoms with E-state index in [2.05, 4.69) is 54.2 Å². The molecular formula is C21H32N4O2Si. The van der Waals surface area contributed by atoms with Gasteiger partial charge in [-0.15, -0.1) is 0 Å². The summed E-state index contributed by atoms with van der Waals surface area (Å²) < 4.78 is 9.89. The lowest BCUT2D eigenvalue weighted by atomic mass is 10.0. The molecule has 0 fully saturated rings. The predicted octanol–water partition coefficient (Wildman–Crippen LogP) is 4.33. The van der Waals surface area contributed by atoms with E-state index in [9.17, 15) is 5.11 Å². The molecule has 1 N–H and O–H groups in total. The molecule has 0 amide bonds. The van der Waals surface area contributed by atoms with Crippen LogP contribution in [0.2, 0.25) is 25.7 Å². The number of aliphatic hydroxyl groups is 1. The van der Waals surface area contributed by atoms with E-state index in [1.54, 1.807) is 0 Å². The van der Waals surface area contributed by atoms with Gasteiger partial charge in [0.05, 0.1) is 11.7 Å². The summed E-state index contributed by atoms with van der Waals surface area (Å²) in [5, 5.41) is 14.9. The molecule has 3 aromatic rings. The average Bonchev–Trinajstić information content (AvgIpc) is 3.25. The Morgan fingerprint density at radius 1 is 1.21 bits per heavy atom. The monoisotopic (exact) mass is 400 g/mol. The molecule has 0 bridgehead atoms. The Labute approximate surface area is 168 Å². The Balaban J connectivity index is 1.81. The molecule has 6 nitrogen and oxygen atoms in total. The predicted molar refractivity (Wildman–Crippen MR) is 116 cm³/mol. The Kier molecular flexibility index (Phi) is 6.07. The van der Waals surface area contributed by atoms with E-state index in [1.165, 1.54) is 0 Å². The van der Waals surface area contributed by atoms with Crippen molar-refractivity contribution < 1.29 is 9.84 Å². The van der Waals surface area contributed by atoms with Crippen molar-refractivity contribution >= 4 is 19.1 Å². The van der Waals surface area contributed by atoms with Crippen LogP contribution in [0.3, 0.4) is 0 Å². The second-order valence-corrected chi connectivity index (χ2v) is 14.8. The Hall–Kier alpha value is -1.96. The minimum Gasteiger partial charge on any atom is -0.396 e. The number of hydrogen-bond acceptors (Lipinski definition) is 4. The van der Waals surface area contributed by atoms with Crippen LogP contribution in [0.25, 0.3) is 22.2 Å². The van der Waals surface area contributed by atoms with Gasteiger partial charge in [0.15, 0.2) is 0 Å². The van der Waals surface area contributed by atoms with E-state index < -0.39 is 8.07 Å².